The van der Waals surface area contributed by atoms with Crippen molar-refractivity contribution >= 4 is 28.9 Å². The van der Waals surface area contributed by atoms with Crippen molar-refractivity contribution in [2.45, 2.75) is 31.1 Å². The molecule has 1 fully saturated rings. The molecule has 2 aromatic carbocycles. The normalized spacial score (nSPS) is 18.7. The molecule has 1 saturated heterocycles. The van der Waals surface area contributed by atoms with Crippen LogP contribution in [0.5, 0.6) is 5.75 Å². The van der Waals surface area contributed by atoms with Gasteiger partial charge in [0.25, 0.3) is 0 Å². The SMILES string of the molecule is COc1ccc2cc([C@@H](CNS(C)(=O)=O)C3C[Si](C)(C)C3)ccc2c1. The Morgan fingerprint density at radius 3 is 2.40 bits per heavy atom. The number of ether oxygens (including phenoxy) is 1. The monoisotopic (exact) mass is 377 g/mol. The van der Waals surface area contributed by atoms with Crippen LogP contribution in [-0.4, -0.2) is 36.4 Å². The van der Waals surface area contributed by atoms with Crippen LogP contribution in [0, 0.1) is 5.92 Å². The van der Waals surface area contributed by atoms with E-state index in [-0.39, 0.29) is 5.92 Å². The topological polar surface area (TPSA) is 55.4 Å². The van der Waals surface area contributed by atoms with Gasteiger partial charge in [-0.2, -0.15) is 0 Å². The van der Waals surface area contributed by atoms with Crippen molar-refractivity contribution < 1.29 is 13.2 Å². The second-order valence-electron chi connectivity index (χ2n) is 8.03. The number of fused-ring (bicyclic) bond motifs is 1. The van der Waals surface area contributed by atoms with Crippen LogP contribution in [0.3, 0.4) is 0 Å². The van der Waals surface area contributed by atoms with E-state index in [2.05, 4.69) is 42.1 Å². The summed E-state index contributed by atoms with van der Waals surface area (Å²) in [6, 6.07) is 15.1. The van der Waals surface area contributed by atoms with Crippen LogP contribution in [0.25, 0.3) is 10.8 Å². The molecule has 6 heteroatoms. The van der Waals surface area contributed by atoms with Crippen molar-refractivity contribution in [3.8, 4) is 5.75 Å². The Morgan fingerprint density at radius 2 is 1.80 bits per heavy atom. The summed E-state index contributed by atoms with van der Waals surface area (Å²) in [5, 5.41) is 2.31. The van der Waals surface area contributed by atoms with Crippen LogP contribution in [-0.2, 0) is 10.0 Å². The van der Waals surface area contributed by atoms with E-state index in [0.29, 0.717) is 12.5 Å². The van der Waals surface area contributed by atoms with E-state index in [0.717, 1.165) is 11.1 Å². The summed E-state index contributed by atoms with van der Waals surface area (Å²) in [6.45, 7) is 5.31. The van der Waals surface area contributed by atoms with Crippen molar-refractivity contribution in [1.29, 1.82) is 0 Å². The summed E-state index contributed by atoms with van der Waals surface area (Å²) in [5.74, 6) is 1.66. The first kappa shape index (κ1) is 18.4. The van der Waals surface area contributed by atoms with Gasteiger partial charge >= 0.3 is 0 Å². The van der Waals surface area contributed by atoms with Crippen LogP contribution in [0.4, 0.5) is 0 Å². The predicted octanol–water partition coefficient (Wildman–Crippen LogP) is 3.82. The lowest BCUT2D eigenvalue weighted by atomic mass is 9.86. The van der Waals surface area contributed by atoms with E-state index in [4.69, 9.17) is 4.74 Å². The number of hydrogen-bond donors (Lipinski definition) is 1. The highest BCUT2D eigenvalue weighted by molar-refractivity contribution is 7.88. The number of methoxy groups -OCH3 is 1. The molecule has 0 radical (unpaired) electrons. The zero-order valence-corrected chi connectivity index (χ0v) is 17.2. The maximum atomic E-state index is 11.6. The Morgan fingerprint density at radius 1 is 1.16 bits per heavy atom. The van der Waals surface area contributed by atoms with Gasteiger partial charge in [0, 0.05) is 14.6 Å². The zero-order chi connectivity index (χ0) is 18.2. The van der Waals surface area contributed by atoms with E-state index in [9.17, 15) is 8.42 Å². The zero-order valence-electron chi connectivity index (χ0n) is 15.4. The molecule has 0 aliphatic carbocycles. The van der Waals surface area contributed by atoms with E-state index < -0.39 is 18.1 Å². The van der Waals surface area contributed by atoms with Crippen LogP contribution < -0.4 is 9.46 Å². The van der Waals surface area contributed by atoms with E-state index in [1.54, 1.807) is 7.11 Å². The Kier molecular flexibility index (Phi) is 4.97. The molecule has 4 nitrogen and oxygen atoms in total. The Hall–Kier alpha value is -1.37. The van der Waals surface area contributed by atoms with Gasteiger partial charge in [0.2, 0.25) is 10.0 Å². The molecule has 0 saturated carbocycles. The molecule has 1 aliphatic rings. The highest BCUT2D eigenvalue weighted by Gasteiger charge is 2.42. The van der Waals surface area contributed by atoms with Crippen LogP contribution in [0.1, 0.15) is 11.5 Å². The van der Waals surface area contributed by atoms with Gasteiger partial charge < -0.3 is 4.74 Å². The van der Waals surface area contributed by atoms with Crippen molar-refractivity contribution in [2.24, 2.45) is 5.92 Å². The second-order valence-corrected chi connectivity index (χ2v) is 15.0. The molecule has 0 unspecified atom stereocenters. The van der Waals surface area contributed by atoms with Gasteiger partial charge in [-0.15, -0.1) is 0 Å². The largest absolute Gasteiger partial charge is 0.497 e. The van der Waals surface area contributed by atoms with E-state index in [1.165, 1.54) is 29.3 Å². The Labute approximate surface area is 151 Å². The van der Waals surface area contributed by atoms with Gasteiger partial charge in [-0.1, -0.05) is 49.4 Å². The van der Waals surface area contributed by atoms with Crippen LogP contribution in [0.15, 0.2) is 36.4 Å². The molecule has 1 N–H and O–H groups in total. The first-order valence-corrected chi connectivity index (χ1v) is 14.0. The molecule has 1 aliphatic heterocycles. The molecule has 25 heavy (non-hydrogen) atoms. The standard InChI is InChI=1S/C19H27NO3SSi/c1-23-18-8-7-14-9-16(6-5-15(14)10-18)19(11-20-24(2,21)22)17-12-25(3,4)13-17/h5-10,17,19-20H,11-13H2,1-4H3/t19-/m1/s1. The summed E-state index contributed by atoms with van der Waals surface area (Å²) < 4.78 is 31.2. The quantitative estimate of drug-likeness (QED) is 0.779. The highest BCUT2D eigenvalue weighted by Crippen LogP contribution is 2.46. The molecular weight excluding hydrogens is 350 g/mol. The average Bonchev–Trinajstić information content (AvgIpc) is 2.51. The molecule has 0 amide bonds. The fourth-order valence-corrected chi connectivity index (χ4v) is 7.81. The summed E-state index contributed by atoms with van der Waals surface area (Å²) in [6.07, 6.45) is 1.23. The summed E-state index contributed by atoms with van der Waals surface area (Å²) >= 11 is 0. The molecular formula is C19H27NO3SSi. The van der Waals surface area contributed by atoms with E-state index in [1.807, 2.05) is 12.1 Å². The summed E-state index contributed by atoms with van der Waals surface area (Å²) in [4.78, 5) is 0. The molecule has 0 bridgehead atoms. The number of rotatable bonds is 6. The minimum Gasteiger partial charge on any atom is -0.497 e. The first-order chi connectivity index (χ1) is 11.7. The third-order valence-electron chi connectivity index (χ3n) is 5.26. The number of hydrogen-bond acceptors (Lipinski definition) is 3. The maximum Gasteiger partial charge on any atom is 0.208 e. The molecule has 136 valence electrons. The highest BCUT2D eigenvalue weighted by atomic mass is 32.2. The lowest BCUT2D eigenvalue weighted by molar-refractivity contribution is 0.415. The minimum absolute atomic E-state index is 0.238. The summed E-state index contributed by atoms with van der Waals surface area (Å²) in [5.41, 5.74) is 1.23. The third-order valence-corrected chi connectivity index (χ3v) is 9.21. The van der Waals surface area contributed by atoms with Gasteiger partial charge in [0.1, 0.15) is 5.75 Å². The lowest BCUT2D eigenvalue weighted by Gasteiger charge is -2.45. The van der Waals surface area contributed by atoms with Crippen molar-refractivity contribution in [3.05, 3.63) is 42.0 Å². The lowest BCUT2D eigenvalue weighted by Crippen LogP contribution is -2.46. The Bertz CT molecular complexity index is 871. The molecule has 1 heterocycles. The first-order valence-electron chi connectivity index (χ1n) is 8.69. The van der Waals surface area contributed by atoms with Gasteiger partial charge in [-0.25, -0.2) is 13.1 Å². The van der Waals surface area contributed by atoms with Crippen LogP contribution >= 0.6 is 0 Å². The Balaban J connectivity index is 1.90. The predicted molar refractivity (Wildman–Crippen MR) is 107 cm³/mol. The molecule has 0 aromatic heterocycles. The molecule has 3 rings (SSSR count). The van der Waals surface area contributed by atoms with Crippen LogP contribution in [0.2, 0.25) is 25.2 Å². The fourth-order valence-electron chi connectivity index (χ4n) is 4.04. The smallest absolute Gasteiger partial charge is 0.208 e. The van der Waals surface area contributed by atoms with Crippen molar-refractivity contribution in [3.63, 3.8) is 0 Å². The number of nitrogens with one attached hydrogen (secondary N) is 1. The molecule has 2 aromatic rings. The van der Waals surface area contributed by atoms with Gasteiger partial charge in [-0.05, 0) is 40.3 Å². The van der Waals surface area contributed by atoms with Crippen molar-refractivity contribution in [1.82, 2.24) is 4.72 Å². The molecule has 1 atom stereocenters. The summed E-state index contributed by atoms with van der Waals surface area (Å²) in [7, 11) is -2.55. The molecule has 0 spiro atoms. The van der Waals surface area contributed by atoms with Crippen molar-refractivity contribution in [2.75, 3.05) is 19.9 Å². The fraction of sp³-hybridized carbons (Fsp3) is 0.474. The third kappa shape index (κ3) is 4.43. The van der Waals surface area contributed by atoms with Gasteiger partial charge in [0.05, 0.1) is 13.4 Å². The average molecular weight is 378 g/mol. The van der Waals surface area contributed by atoms with E-state index >= 15 is 0 Å². The number of sulfonamides is 1. The van der Waals surface area contributed by atoms with Gasteiger partial charge in [0.15, 0.2) is 0 Å². The minimum atomic E-state index is -3.18. The second kappa shape index (κ2) is 6.74. The number of benzene rings is 2. The maximum absolute atomic E-state index is 11.6. The van der Waals surface area contributed by atoms with Gasteiger partial charge in [-0.3, -0.25) is 0 Å².